The van der Waals surface area contributed by atoms with Gasteiger partial charge in [-0.2, -0.15) is 0 Å². The van der Waals surface area contributed by atoms with Crippen molar-refractivity contribution in [2.45, 2.75) is 20.4 Å². The van der Waals surface area contributed by atoms with E-state index >= 15 is 0 Å². The van der Waals surface area contributed by atoms with E-state index in [1.54, 1.807) is 30.4 Å². The Hall–Kier alpha value is -1.47. The number of rotatable bonds is 4. The predicted molar refractivity (Wildman–Crippen MR) is 79.7 cm³/mol. The van der Waals surface area contributed by atoms with Gasteiger partial charge in [-0.25, -0.2) is 4.98 Å². The Morgan fingerprint density at radius 2 is 2.21 bits per heavy atom. The second-order valence-corrected chi connectivity index (χ2v) is 6.25. The third-order valence-electron chi connectivity index (χ3n) is 2.60. The van der Waals surface area contributed by atoms with E-state index in [1.165, 1.54) is 0 Å². The molecular formula is C12H12BrN3O2S. The van der Waals surface area contributed by atoms with E-state index in [1.807, 2.05) is 13.1 Å². The fraction of sp³-hybridized carbons (Fsp3) is 0.250. The Labute approximate surface area is 123 Å². The number of thiazole rings is 1. The Bertz CT molecular complexity index is 627. The number of nitro groups is 1. The van der Waals surface area contributed by atoms with Gasteiger partial charge in [0.15, 0.2) is 0 Å². The minimum Gasteiger partial charge on any atom is -0.379 e. The maximum absolute atomic E-state index is 10.9. The van der Waals surface area contributed by atoms with Gasteiger partial charge in [0.2, 0.25) is 0 Å². The molecule has 0 unspecified atom stereocenters. The molecule has 0 aliphatic rings. The number of nitrogens with one attached hydrogen (secondary N) is 1. The van der Waals surface area contributed by atoms with Crippen LogP contribution in [-0.2, 0) is 6.54 Å². The number of nitrogens with zero attached hydrogens (tertiary/aromatic N) is 2. The molecule has 1 heterocycles. The quantitative estimate of drug-likeness (QED) is 0.672. The highest BCUT2D eigenvalue weighted by Gasteiger charge is 2.14. The highest BCUT2D eigenvalue weighted by atomic mass is 79.9. The van der Waals surface area contributed by atoms with Crippen molar-refractivity contribution in [3.63, 3.8) is 0 Å². The van der Waals surface area contributed by atoms with E-state index < -0.39 is 0 Å². The van der Waals surface area contributed by atoms with Gasteiger partial charge in [0.05, 0.1) is 22.2 Å². The van der Waals surface area contributed by atoms with Crippen LogP contribution >= 0.6 is 27.3 Å². The summed E-state index contributed by atoms with van der Waals surface area (Å²) in [5, 5.41) is 15.1. The molecule has 0 aliphatic carbocycles. The molecule has 2 aromatic rings. The van der Waals surface area contributed by atoms with Crippen LogP contribution in [0.5, 0.6) is 0 Å². The van der Waals surface area contributed by atoms with Crippen LogP contribution in [0.3, 0.4) is 0 Å². The fourth-order valence-corrected chi connectivity index (χ4v) is 3.00. The van der Waals surface area contributed by atoms with E-state index in [0.29, 0.717) is 17.8 Å². The lowest BCUT2D eigenvalue weighted by molar-refractivity contribution is -0.385. The second kappa shape index (κ2) is 5.66. The van der Waals surface area contributed by atoms with Gasteiger partial charge >= 0.3 is 0 Å². The zero-order chi connectivity index (χ0) is 14.0. The lowest BCUT2D eigenvalue weighted by atomic mass is 10.2. The fourth-order valence-electron chi connectivity index (χ4n) is 1.66. The van der Waals surface area contributed by atoms with Crippen molar-refractivity contribution in [2.75, 3.05) is 5.32 Å². The van der Waals surface area contributed by atoms with E-state index in [4.69, 9.17) is 0 Å². The van der Waals surface area contributed by atoms with Gasteiger partial charge in [-0.1, -0.05) is 0 Å². The maximum atomic E-state index is 10.9. The number of hydrogen-bond acceptors (Lipinski definition) is 5. The Balaban J connectivity index is 2.20. The Kier molecular flexibility index (Phi) is 4.16. The number of hydrogen-bond donors (Lipinski definition) is 1. The van der Waals surface area contributed by atoms with Gasteiger partial charge in [-0.3, -0.25) is 10.1 Å². The molecule has 19 heavy (non-hydrogen) atoms. The zero-order valence-corrected chi connectivity index (χ0v) is 12.8. The monoisotopic (exact) mass is 341 g/mol. The van der Waals surface area contributed by atoms with Crippen molar-refractivity contribution in [3.05, 3.63) is 48.4 Å². The number of anilines is 1. The number of nitro benzene ring substituents is 1. The Morgan fingerprint density at radius 1 is 1.47 bits per heavy atom. The number of halogens is 1. The molecule has 0 radical (unpaired) electrons. The number of benzene rings is 1. The molecule has 0 aliphatic heterocycles. The highest BCUT2D eigenvalue weighted by molar-refractivity contribution is 9.10. The van der Waals surface area contributed by atoms with Crippen LogP contribution in [0.15, 0.2) is 22.8 Å². The molecule has 0 amide bonds. The van der Waals surface area contributed by atoms with E-state index in [9.17, 15) is 10.1 Å². The predicted octanol–water partition coefficient (Wildman–Crippen LogP) is 4.04. The lowest BCUT2D eigenvalue weighted by Gasteiger charge is -2.08. The maximum Gasteiger partial charge on any atom is 0.274 e. The van der Waals surface area contributed by atoms with Gasteiger partial charge in [0, 0.05) is 27.2 Å². The first-order valence-electron chi connectivity index (χ1n) is 5.57. The van der Waals surface area contributed by atoms with Crippen LogP contribution in [0.1, 0.15) is 15.4 Å². The van der Waals surface area contributed by atoms with Crippen LogP contribution in [0, 0.1) is 24.0 Å². The molecule has 0 saturated carbocycles. The van der Waals surface area contributed by atoms with Gasteiger partial charge in [-0.05, 0) is 35.8 Å². The summed E-state index contributed by atoms with van der Waals surface area (Å²) in [4.78, 5) is 15.8. The molecule has 100 valence electrons. The largest absolute Gasteiger partial charge is 0.379 e. The first kappa shape index (κ1) is 14.0. The molecule has 0 spiro atoms. The molecule has 1 N–H and O–H groups in total. The number of aromatic nitrogens is 1. The van der Waals surface area contributed by atoms with Crippen LogP contribution in [0.2, 0.25) is 0 Å². The summed E-state index contributed by atoms with van der Waals surface area (Å²) >= 11 is 5.02. The normalized spacial score (nSPS) is 10.5. The standard InChI is InChI=1S/C12H12BrN3O2S/c1-7-3-10(13)11(4-12(7)16(17)18)15-6-9-5-14-8(2)19-9/h3-5,15H,6H2,1-2H3. The smallest absolute Gasteiger partial charge is 0.274 e. The van der Waals surface area contributed by atoms with E-state index in [0.717, 1.165) is 14.4 Å². The molecule has 0 bridgehead atoms. The highest BCUT2D eigenvalue weighted by Crippen LogP contribution is 2.31. The molecule has 0 fully saturated rings. The van der Waals surface area contributed by atoms with E-state index in [2.05, 4.69) is 26.2 Å². The van der Waals surface area contributed by atoms with Crippen molar-refractivity contribution in [1.82, 2.24) is 4.98 Å². The lowest BCUT2D eigenvalue weighted by Crippen LogP contribution is -2.00. The van der Waals surface area contributed by atoms with Gasteiger partial charge < -0.3 is 5.32 Å². The molecule has 2 rings (SSSR count). The van der Waals surface area contributed by atoms with Crippen molar-refractivity contribution >= 4 is 38.6 Å². The summed E-state index contributed by atoms with van der Waals surface area (Å²) in [7, 11) is 0. The average Bonchev–Trinajstić information content (AvgIpc) is 2.73. The Morgan fingerprint density at radius 3 is 2.79 bits per heavy atom. The molecule has 7 heteroatoms. The topological polar surface area (TPSA) is 68.1 Å². The summed E-state index contributed by atoms with van der Waals surface area (Å²) in [5.74, 6) is 0. The second-order valence-electron chi connectivity index (χ2n) is 4.07. The summed E-state index contributed by atoms with van der Waals surface area (Å²) in [6.07, 6.45) is 1.81. The first-order valence-corrected chi connectivity index (χ1v) is 7.18. The van der Waals surface area contributed by atoms with Crippen molar-refractivity contribution in [1.29, 1.82) is 0 Å². The third kappa shape index (κ3) is 3.30. The minimum absolute atomic E-state index is 0.117. The van der Waals surface area contributed by atoms with Gasteiger partial charge in [0.1, 0.15) is 0 Å². The summed E-state index contributed by atoms with van der Waals surface area (Å²) in [5.41, 5.74) is 1.46. The average molecular weight is 342 g/mol. The first-order chi connectivity index (χ1) is 8.97. The van der Waals surface area contributed by atoms with Crippen LogP contribution in [0.25, 0.3) is 0 Å². The molecule has 1 aromatic heterocycles. The van der Waals surface area contributed by atoms with Crippen LogP contribution in [-0.4, -0.2) is 9.91 Å². The van der Waals surface area contributed by atoms with Crippen molar-refractivity contribution in [2.24, 2.45) is 0 Å². The van der Waals surface area contributed by atoms with Gasteiger partial charge in [0.25, 0.3) is 5.69 Å². The molecule has 1 aromatic carbocycles. The summed E-state index contributed by atoms with van der Waals surface area (Å²) < 4.78 is 0.817. The van der Waals surface area contributed by atoms with Crippen molar-refractivity contribution in [3.8, 4) is 0 Å². The SMILES string of the molecule is Cc1ncc(CNc2cc([N+](=O)[O-])c(C)cc2Br)s1. The zero-order valence-electron chi connectivity index (χ0n) is 10.4. The third-order valence-corrected chi connectivity index (χ3v) is 4.17. The van der Waals surface area contributed by atoms with Crippen LogP contribution < -0.4 is 5.32 Å². The van der Waals surface area contributed by atoms with Crippen molar-refractivity contribution < 1.29 is 4.92 Å². The van der Waals surface area contributed by atoms with Crippen LogP contribution in [0.4, 0.5) is 11.4 Å². The molecular weight excluding hydrogens is 330 g/mol. The van der Waals surface area contributed by atoms with Gasteiger partial charge in [-0.15, -0.1) is 11.3 Å². The summed E-state index contributed by atoms with van der Waals surface area (Å²) in [6.45, 7) is 4.27. The molecule has 0 atom stereocenters. The van der Waals surface area contributed by atoms with E-state index in [-0.39, 0.29) is 10.6 Å². The molecule has 5 nitrogen and oxygen atoms in total. The number of aryl methyl sites for hydroxylation is 2. The molecule has 0 saturated heterocycles. The minimum atomic E-state index is -0.371. The summed E-state index contributed by atoms with van der Waals surface area (Å²) in [6, 6.07) is 3.30.